The number of hydrogen-bond donors (Lipinski definition) is 0. The minimum Gasteiger partial charge on any atom is -0.274 e. The van der Waals surface area contributed by atoms with E-state index >= 15 is 0 Å². The number of nitrogens with zero attached hydrogens (tertiary/aromatic N) is 1. The SMILES string of the molecule is [C]1CN=[C]S1. The van der Waals surface area contributed by atoms with Gasteiger partial charge in [-0.3, -0.25) is 4.99 Å². The van der Waals surface area contributed by atoms with Gasteiger partial charge in [0.25, 0.3) is 0 Å². The second kappa shape index (κ2) is 1.45. The Morgan fingerprint density at radius 3 is 3.00 bits per heavy atom. The number of aliphatic imine (C=N–C) groups is 1. The topological polar surface area (TPSA) is 12.4 Å². The van der Waals surface area contributed by atoms with Crippen molar-refractivity contribution in [3.63, 3.8) is 0 Å². The molecule has 0 fully saturated rings. The fraction of sp³-hybridized carbons (Fsp3) is 0.333. The van der Waals surface area contributed by atoms with Crippen molar-refractivity contribution in [3.05, 3.63) is 5.75 Å². The van der Waals surface area contributed by atoms with Crippen LogP contribution in [0.15, 0.2) is 4.99 Å². The molecule has 5 heavy (non-hydrogen) atoms. The molecule has 25 valence electrons. The van der Waals surface area contributed by atoms with E-state index in [0.29, 0.717) is 0 Å². The summed E-state index contributed by atoms with van der Waals surface area (Å²) in [6.45, 7) is 0.727. The summed E-state index contributed by atoms with van der Waals surface area (Å²) in [4.78, 5) is 3.69. The summed E-state index contributed by atoms with van der Waals surface area (Å²) in [7, 11) is 0. The van der Waals surface area contributed by atoms with Gasteiger partial charge in [0, 0.05) is 0 Å². The molecule has 0 atom stereocenters. The van der Waals surface area contributed by atoms with Gasteiger partial charge in [-0.15, -0.1) is 0 Å². The first-order valence-corrected chi connectivity index (χ1v) is 2.12. The molecule has 0 N–H and O–H groups in total. The van der Waals surface area contributed by atoms with Gasteiger partial charge in [-0.05, 0) is 0 Å². The molecule has 0 aromatic carbocycles. The van der Waals surface area contributed by atoms with E-state index in [0.717, 1.165) is 6.54 Å². The zero-order chi connectivity index (χ0) is 3.54. The van der Waals surface area contributed by atoms with Crippen LogP contribution < -0.4 is 0 Å². The lowest BCUT2D eigenvalue weighted by Crippen LogP contribution is -1.59. The third-order valence-electron chi connectivity index (χ3n) is 0.326. The van der Waals surface area contributed by atoms with Crippen molar-refractivity contribution in [2.45, 2.75) is 0 Å². The Balaban J connectivity index is 2.32. The Morgan fingerprint density at radius 1 is 1.80 bits per heavy atom. The van der Waals surface area contributed by atoms with E-state index in [1.54, 1.807) is 0 Å². The maximum Gasteiger partial charge on any atom is 0.123 e. The van der Waals surface area contributed by atoms with E-state index in [1.807, 2.05) is 0 Å². The molecule has 0 bridgehead atoms. The van der Waals surface area contributed by atoms with Crippen molar-refractivity contribution >= 4 is 17.3 Å². The van der Waals surface area contributed by atoms with E-state index in [4.69, 9.17) is 0 Å². The first kappa shape index (κ1) is 3.22. The predicted octanol–water partition coefficient (Wildman–Crippen LogP) is 0.677. The molecule has 0 saturated carbocycles. The van der Waals surface area contributed by atoms with Crippen LogP contribution in [0.5, 0.6) is 0 Å². The summed E-state index contributed by atoms with van der Waals surface area (Å²) in [6, 6.07) is 0. The lowest BCUT2D eigenvalue weighted by Gasteiger charge is -1.64. The first-order valence-electron chi connectivity index (χ1n) is 1.30. The van der Waals surface area contributed by atoms with Gasteiger partial charge in [0.2, 0.25) is 0 Å². The number of hydrogen-bond acceptors (Lipinski definition) is 2. The van der Waals surface area contributed by atoms with Crippen LogP contribution in [0.3, 0.4) is 0 Å². The molecule has 1 rings (SSSR count). The van der Waals surface area contributed by atoms with Gasteiger partial charge < -0.3 is 0 Å². The lowest BCUT2D eigenvalue weighted by atomic mass is 10.8. The summed E-state index contributed by atoms with van der Waals surface area (Å²) < 4.78 is 0. The van der Waals surface area contributed by atoms with Crippen molar-refractivity contribution in [1.82, 2.24) is 0 Å². The predicted molar refractivity (Wildman–Crippen MR) is 23.1 cm³/mol. The second-order valence-electron chi connectivity index (χ2n) is 0.654. The molecule has 0 aromatic heterocycles. The molecule has 1 aliphatic heterocycles. The van der Waals surface area contributed by atoms with Gasteiger partial charge in [0.15, 0.2) is 0 Å². The minimum atomic E-state index is 0.727. The van der Waals surface area contributed by atoms with E-state index in [1.165, 1.54) is 11.8 Å². The first-order chi connectivity index (χ1) is 2.50. The summed E-state index contributed by atoms with van der Waals surface area (Å²) in [5.41, 5.74) is 2.65. The van der Waals surface area contributed by atoms with Crippen LogP contribution in [0.25, 0.3) is 0 Å². The van der Waals surface area contributed by atoms with Crippen LogP contribution in [0.1, 0.15) is 0 Å². The van der Waals surface area contributed by atoms with Crippen molar-refractivity contribution in [1.29, 1.82) is 0 Å². The maximum absolute atomic E-state index is 3.69. The summed E-state index contributed by atoms with van der Waals surface area (Å²) in [6.07, 6.45) is 0. The van der Waals surface area contributed by atoms with Crippen LogP contribution in [0.4, 0.5) is 0 Å². The normalized spacial score (nSPS) is 20.8. The lowest BCUT2D eigenvalue weighted by molar-refractivity contribution is 1.26. The fourth-order valence-corrected chi connectivity index (χ4v) is 0.484. The molecule has 1 nitrogen and oxygen atoms in total. The molecule has 0 aromatic rings. The highest BCUT2D eigenvalue weighted by Crippen LogP contribution is 2.06. The van der Waals surface area contributed by atoms with Crippen molar-refractivity contribution in [2.24, 2.45) is 4.99 Å². The molecular formula is C3H2NS. The van der Waals surface area contributed by atoms with Gasteiger partial charge >= 0.3 is 0 Å². The molecule has 1 aliphatic rings. The Labute approximate surface area is 35.5 Å². The van der Waals surface area contributed by atoms with Crippen LogP contribution in [-0.2, 0) is 0 Å². The Hall–Kier alpha value is 0.0200. The highest BCUT2D eigenvalue weighted by Gasteiger charge is 1.89. The van der Waals surface area contributed by atoms with Gasteiger partial charge in [0.05, 0.1) is 12.3 Å². The van der Waals surface area contributed by atoms with E-state index in [9.17, 15) is 0 Å². The van der Waals surface area contributed by atoms with Crippen molar-refractivity contribution < 1.29 is 0 Å². The van der Waals surface area contributed by atoms with Crippen molar-refractivity contribution in [3.8, 4) is 0 Å². The Bertz CT molecular complexity index is 44.9. The molecular weight excluding hydrogens is 82.1 g/mol. The molecule has 0 amide bonds. The fourth-order valence-electron chi connectivity index (χ4n) is 0.161. The van der Waals surface area contributed by atoms with Gasteiger partial charge in [0.1, 0.15) is 5.55 Å². The molecule has 2 heteroatoms. The monoisotopic (exact) mass is 84.0 g/mol. The van der Waals surface area contributed by atoms with Crippen LogP contribution >= 0.6 is 11.8 Å². The number of rotatable bonds is 0. The van der Waals surface area contributed by atoms with E-state index < -0.39 is 0 Å². The molecule has 0 spiro atoms. The van der Waals surface area contributed by atoms with Crippen LogP contribution in [0, 0.1) is 5.75 Å². The zero-order valence-electron chi connectivity index (χ0n) is 2.56. The minimum absolute atomic E-state index is 0.727. The van der Waals surface area contributed by atoms with E-state index in [-0.39, 0.29) is 0 Å². The highest BCUT2D eigenvalue weighted by molar-refractivity contribution is 8.14. The quantitative estimate of drug-likeness (QED) is 0.420. The third-order valence-corrected chi connectivity index (χ3v) is 0.820. The summed E-state index contributed by atoms with van der Waals surface area (Å²) in [5.74, 6) is 2.86. The van der Waals surface area contributed by atoms with Gasteiger partial charge in [-0.1, -0.05) is 11.8 Å². The van der Waals surface area contributed by atoms with Gasteiger partial charge in [-0.2, -0.15) is 0 Å². The largest absolute Gasteiger partial charge is 0.274 e. The average Bonchev–Trinajstić information content (AvgIpc) is 1.76. The third kappa shape index (κ3) is 0.651. The molecule has 0 saturated heterocycles. The second-order valence-corrected chi connectivity index (χ2v) is 1.33. The average molecular weight is 84.1 g/mol. The number of thioether (sulfide) groups is 1. The van der Waals surface area contributed by atoms with Crippen LogP contribution in [-0.4, -0.2) is 12.1 Å². The Kier molecular flexibility index (Phi) is 0.937. The van der Waals surface area contributed by atoms with E-state index in [2.05, 4.69) is 16.3 Å². The molecule has 0 aliphatic carbocycles. The molecule has 0 unspecified atom stereocenters. The molecule has 1 heterocycles. The standard InChI is InChI=1S/C3H2NS/c1-2-5-3-4-1/h1H2. The molecule has 3 radical (unpaired) electrons. The highest BCUT2D eigenvalue weighted by atomic mass is 32.2. The summed E-state index contributed by atoms with van der Waals surface area (Å²) in [5, 5.41) is 0. The van der Waals surface area contributed by atoms with Gasteiger partial charge in [-0.25, -0.2) is 0 Å². The summed E-state index contributed by atoms with van der Waals surface area (Å²) >= 11 is 1.41. The smallest absolute Gasteiger partial charge is 0.123 e. The maximum atomic E-state index is 3.69. The zero-order valence-corrected chi connectivity index (χ0v) is 3.38. The van der Waals surface area contributed by atoms with Crippen molar-refractivity contribution in [2.75, 3.05) is 6.54 Å². The van der Waals surface area contributed by atoms with Crippen LogP contribution in [0.2, 0.25) is 0 Å². The Morgan fingerprint density at radius 2 is 2.80 bits per heavy atom.